The largest absolute Gasteiger partial charge is 0.384 e. The van der Waals surface area contributed by atoms with Crippen LogP contribution in [0, 0.1) is 6.92 Å². The van der Waals surface area contributed by atoms with Crippen molar-refractivity contribution >= 4 is 34.0 Å². The summed E-state index contributed by atoms with van der Waals surface area (Å²) < 4.78 is 1.60. The second-order valence-electron chi connectivity index (χ2n) is 4.86. The third-order valence-corrected chi connectivity index (χ3v) is 3.39. The van der Waals surface area contributed by atoms with Crippen LogP contribution in [0.1, 0.15) is 5.69 Å². The lowest BCUT2D eigenvalue weighted by atomic mass is 10.2. The molecule has 0 unspecified atom stereocenters. The fourth-order valence-corrected chi connectivity index (χ4v) is 2.33. The van der Waals surface area contributed by atoms with Gasteiger partial charge in [-0.2, -0.15) is 14.6 Å². The maximum absolute atomic E-state index is 5.86. The lowest BCUT2D eigenvalue weighted by molar-refractivity contribution is 0.978. The number of aromatic amines is 1. The van der Waals surface area contributed by atoms with Crippen molar-refractivity contribution in [1.29, 1.82) is 0 Å². The Labute approximate surface area is 119 Å². The standard InChI is InChI=1S/C14H13N7/c1-8-10-6-5-9(7-11(10)19-18-8)16-14-17-13-4-2-3-12(15)21(13)20-14/h2-7H,15H2,1H3,(H,16,20)(H,18,19). The average molecular weight is 279 g/mol. The Bertz CT molecular complexity index is 950. The summed E-state index contributed by atoms with van der Waals surface area (Å²) >= 11 is 0. The Morgan fingerprint density at radius 2 is 2.14 bits per heavy atom. The zero-order chi connectivity index (χ0) is 14.4. The number of benzene rings is 1. The van der Waals surface area contributed by atoms with Crippen LogP contribution in [0.5, 0.6) is 0 Å². The Morgan fingerprint density at radius 3 is 3.00 bits per heavy atom. The number of nitrogen functional groups attached to an aromatic ring is 1. The van der Waals surface area contributed by atoms with Gasteiger partial charge in [0, 0.05) is 16.8 Å². The van der Waals surface area contributed by atoms with E-state index in [0.29, 0.717) is 17.4 Å². The first-order valence-electron chi connectivity index (χ1n) is 6.54. The Morgan fingerprint density at radius 1 is 1.24 bits per heavy atom. The molecule has 7 heteroatoms. The summed E-state index contributed by atoms with van der Waals surface area (Å²) in [6.45, 7) is 1.99. The first-order valence-corrected chi connectivity index (χ1v) is 6.54. The van der Waals surface area contributed by atoms with E-state index in [2.05, 4.69) is 25.6 Å². The molecule has 4 N–H and O–H groups in total. The number of fused-ring (bicyclic) bond motifs is 2. The first-order chi connectivity index (χ1) is 10.2. The van der Waals surface area contributed by atoms with Crippen LogP contribution >= 0.6 is 0 Å². The van der Waals surface area contributed by atoms with Gasteiger partial charge in [0.15, 0.2) is 5.65 Å². The Balaban J connectivity index is 1.73. The van der Waals surface area contributed by atoms with Gasteiger partial charge in [-0.25, -0.2) is 0 Å². The van der Waals surface area contributed by atoms with Crippen LogP contribution in [0.15, 0.2) is 36.4 Å². The highest BCUT2D eigenvalue weighted by Crippen LogP contribution is 2.22. The summed E-state index contributed by atoms with van der Waals surface area (Å²) in [7, 11) is 0. The van der Waals surface area contributed by atoms with E-state index in [1.807, 2.05) is 37.3 Å². The molecule has 0 spiro atoms. The third-order valence-electron chi connectivity index (χ3n) is 3.39. The fourth-order valence-electron chi connectivity index (χ4n) is 2.33. The van der Waals surface area contributed by atoms with Crippen LogP contribution in [-0.4, -0.2) is 24.8 Å². The zero-order valence-electron chi connectivity index (χ0n) is 11.3. The molecule has 0 aliphatic carbocycles. The van der Waals surface area contributed by atoms with Gasteiger partial charge in [0.05, 0.1) is 5.52 Å². The van der Waals surface area contributed by atoms with Crippen molar-refractivity contribution in [3.8, 4) is 0 Å². The molecule has 0 aliphatic rings. The van der Waals surface area contributed by atoms with Crippen LogP contribution < -0.4 is 11.1 Å². The number of aryl methyl sites for hydroxylation is 1. The van der Waals surface area contributed by atoms with Gasteiger partial charge in [0.25, 0.3) is 0 Å². The van der Waals surface area contributed by atoms with Gasteiger partial charge in [-0.05, 0) is 37.3 Å². The lowest BCUT2D eigenvalue weighted by Crippen LogP contribution is -1.98. The summed E-state index contributed by atoms with van der Waals surface area (Å²) in [6, 6.07) is 11.4. The van der Waals surface area contributed by atoms with Crippen molar-refractivity contribution in [2.45, 2.75) is 6.92 Å². The van der Waals surface area contributed by atoms with E-state index in [9.17, 15) is 0 Å². The number of aromatic nitrogens is 5. The van der Waals surface area contributed by atoms with E-state index in [4.69, 9.17) is 5.73 Å². The van der Waals surface area contributed by atoms with Crippen LogP contribution in [0.4, 0.5) is 17.5 Å². The molecular formula is C14H13N7. The molecule has 0 radical (unpaired) electrons. The number of rotatable bonds is 2. The molecule has 104 valence electrons. The Hall–Kier alpha value is -3.09. The normalized spacial score (nSPS) is 11.3. The molecule has 0 amide bonds. The number of pyridine rings is 1. The number of nitrogens with one attached hydrogen (secondary N) is 2. The summed E-state index contributed by atoms with van der Waals surface area (Å²) in [5, 5.41) is 15.8. The SMILES string of the molecule is Cc1[nH]nc2cc(Nc3nc4cccc(N)n4n3)ccc12. The number of anilines is 3. The van der Waals surface area contributed by atoms with Gasteiger partial charge in [-0.3, -0.25) is 5.10 Å². The minimum atomic E-state index is 0.500. The van der Waals surface area contributed by atoms with Gasteiger partial charge in [0.1, 0.15) is 5.82 Å². The fraction of sp³-hybridized carbons (Fsp3) is 0.0714. The topological polar surface area (TPSA) is 96.9 Å². The summed E-state index contributed by atoms with van der Waals surface area (Å²) in [5.74, 6) is 1.05. The predicted molar refractivity (Wildman–Crippen MR) is 81.5 cm³/mol. The third kappa shape index (κ3) is 1.86. The molecule has 21 heavy (non-hydrogen) atoms. The van der Waals surface area contributed by atoms with Crippen LogP contribution in [0.2, 0.25) is 0 Å². The molecule has 3 aromatic heterocycles. The van der Waals surface area contributed by atoms with Crippen molar-refractivity contribution in [3.05, 3.63) is 42.1 Å². The van der Waals surface area contributed by atoms with Crippen LogP contribution in [0.3, 0.4) is 0 Å². The predicted octanol–water partition coefficient (Wildman–Crippen LogP) is 2.24. The number of nitrogens with zero attached hydrogens (tertiary/aromatic N) is 4. The van der Waals surface area contributed by atoms with Gasteiger partial charge in [-0.1, -0.05) is 6.07 Å². The highest BCUT2D eigenvalue weighted by atomic mass is 15.4. The molecule has 0 atom stereocenters. The highest BCUT2D eigenvalue weighted by molar-refractivity contribution is 5.84. The summed E-state index contributed by atoms with van der Waals surface area (Å²) in [4.78, 5) is 4.39. The average Bonchev–Trinajstić information content (AvgIpc) is 3.04. The van der Waals surface area contributed by atoms with Crippen molar-refractivity contribution < 1.29 is 0 Å². The zero-order valence-corrected chi connectivity index (χ0v) is 11.3. The highest BCUT2D eigenvalue weighted by Gasteiger charge is 2.07. The molecule has 1 aromatic carbocycles. The van der Waals surface area contributed by atoms with E-state index >= 15 is 0 Å². The van der Waals surface area contributed by atoms with Gasteiger partial charge in [0.2, 0.25) is 5.95 Å². The molecular weight excluding hydrogens is 266 g/mol. The van der Waals surface area contributed by atoms with Crippen LogP contribution in [-0.2, 0) is 0 Å². The molecule has 4 aromatic rings. The maximum Gasteiger partial charge on any atom is 0.247 e. The molecule has 7 nitrogen and oxygen atoms in total. The molecule has 3 heterocycles. The van der Waals surface area contributed by atoms with Gasteiger partial charge >= 0.3 is 0 Å². The van der Waals surface area contributed by atoms with E-state index in [1.54, 1.807) is 10.6 Å². The number of hydrogen-bond donors (Lipinski definition) is 3. The van der Waals surface area contributed by atoms with E-state index in [1.165, 1.54) is 0 Å². The van der Waals surface area contributed by atoms with Crippen LogP contribution in [0.25, 0.3) is 16.6 Å². The second kappa shape index (κ2) is 4.20. The first kappa shape index (κ1) is 11.7. The molecule has 0 bridgehead atoms. The minimum absolute atomic E-state index is 0.500. The number of hydrogen-bond acceptors (Lipinski definition) is 5. The van der Waals surface area contributed by atoms with Crippen molar-refractivity contribution in [1.82, 2.24) is 24.8 Å². The molecule has 0 fully saturated rings. The molecule has 0 saturated carbocycles. The van der Waals surface area contributed by atoms with Crippen molar-refractivity contribution in [3.63, 3.8) is 0 Å². The van der Waals surface area contributed by atoms with E-state index in [-0.39, 0.29) is 0 Å². The van der Waals surface area contributed by atoms with E-state index < -0.39 is 0 Å². The van der Waals surface area contributed by atoms with E-state index in [0.717, 1.165) is 22.3 Å². The van der Waals surface area contributed by atoms with Crippen molar-refractivity contribution in [2.75, 3.05) is 11.1 Å². The second-order valence-corrected chi connectivity index (χ2v) is 4.86. The van der Waals surface area contributed by atoms with Gasteiger partial charge < -0.3 is 11.1 Å². The Kier molecular flexibility index (Phi) is 2.34. The molecule has 0 aliphatic heterocycles. The smallest absolute Gasteiger partial charge is 0.247 e. The van der Waals surface area contributed by atoms with Crippen molar-refractivity contribution in [2.24, 2.45) is 0 Å². The molecule has 4 rings (SSSR count). The lowest BCUT2D eigenvalue weighted by Gasteiger charge is -2.01. The van der Waals surface area contributed by atoms with Gasteiger partial charge in [-0.15, -0.1) is 5.10 Å². The number of H-pyrrole nitrogens is 1. The monoisotopic (exact) mass is 279 g/mol. The minimum Gasteiger partial charge on any atom is -0.384 e. The maximum atomic E-state index is 5.86. The summed E-state index contributed by atoms with van der Waals surface area (Å²) in [6.07, 6.45) is 0. The summed E-state index contributed by atoms with van der Waals surface area (Å²) in [5.41, 5.74) is 9.39. The number of nitrogens with two attached hydrogens (primary N) is 1. The molecule has 0 saturated heterocycles. The quantitative estimate of drug-likeness (QED) is 0.523.